The van der Waals surface area contributed by atoms with E-state index >= 15 is 0 Å². The molecule has 0 bridgehead atoms. The molecule has 1 rings (SSSR count). The smallest absolute Gasteiger partial charge is 0.137 e. The van der Waals surface area contributed by atoms with Crippen LogP contribution in [0.5, 0.6) is 0 Å². The Kier molecular flexibility index (Phi) is 4.74. The van der Waals surface area contributed by atoms with Crippen LogP contribution >= 0.6 is 15.9 Å². The molecule has 0 spiro atoms. The van der Waals surface area contributed by atoms with Gasteiger partial charge < -0.3 is 4.74 Å². The first-order valence-corrected chi connectivity index (χ1v) is 5.85. The quantitative estimate of drug-likeness (QED) is 0.802. The summed E-state index contributed by atoms with van der Waals surface area (Å²) in [4.78, 5) is 0. The number of hydrogen-bond acceptors (Lipinski definition) is 1. The zero-order valence-corrected chi connectivity index (χ0v) is 10.8. The van der Waals surface area contributed by atoms with E-state index in [2.05, 4.69) is 29.8 Å². The van der Waals surface area contributed by atoms with Gasteiger partial charge in [0, 0.05) is 0 Å². The Morgan fingerprint density at radius 2 is 2.00 bits per heavy atom. The predicted octanol–water partition coefficient (Wildman–Crippen LogP) is 4.15. The van der Waals surface area contributed by atoms with E-state index in [4.69, 9.17) is 4.74 Å². The normalized spacial score (nSPS) is 13.2. The third-order valence-corrected chi connectivity index (χ3v) is 3.04. The van der Waals surface area contributed by atoms with Crippen LogP contribution in [-0.4, -0.2) is 6.10 Å². The molecule has 0 aromatic heterocycles. The van der Waals surface area contributed by atoms with Gasteiger partial charge in [-0.25, -0.2) is 4.39 Å². The van der Waals surface area contributed by atoms with Gasteiger partial charge >= 0.3 is 0 Å². The Bertz CT molecular complexity index is 325. The van der Waals surface area contributed by atoms with E-state index in [9.17, 15) is 4.39 Å². The maximum atomic E-state index is 12.9. The lowest BCUT2D eigenvalue weighted by Gasteiger charge is -2.16. The first-order valence-electron chi connectivity index (χ1n) is 5.06. The second kappa shape index (κ2) is 5.61. The topological polar surface area (TPSA) is 9.23 Å². The van der Waals surface area contributed by atoms with Crippen molar-refractivity contribution < 1.29 is 9.13 Å². The number of halogens is 2. The third kappa shape index (κ3) is 3.92. The van der Waals surface area contributed by atoms with Crippen molar-refractivity contribution in [3.05, 3.63) is 34.1 Å². The summed E-state index contributed by atoms with van der Waals surface area (Å²) in [5, 5.41) is 0. The lowest BCUT2D eigenvalue weighted by molar-refractivity contribution is 0.0234. The van der Waals surface area contributed by atoms with Gasteiger partial charge in [0.1, 0.15) is 5.82 Å². The highest BCUT2D eigenvalue weighted by Crippen LogP contribution is 2.18. The van der Waals surface area contributed by atoms with E-state index in [1.54, 1.807) is 12.1 Å². The molecular weight excluding hydrogens is 259 g/mol. The number of benzene rings is 1. The Labute approximate surface area is 98.8 Å². The van der Waals surface area contributed by atoms with Crippen LogP contribution in [-0.2, 0) is 11.3 Å². The van der Waals surface area contributed by atoms with Crippen LogP contribution in [0.1, 0.15) is 26.3 Å². The van der Waals surface area contributed by atoms with E-state index in [0.29, 0.717) is 17.0 Å². The number of ether oxygens (including phenoxy) is 1. The van der Waals surface area contributed by atoms with E-state index in [1.807, 2.05) is 6.92 Å². The molecule has 0 radical (unpaired) electrons. The number of hydrogen-bond donors (Lipinski definition) is 0. The van der Waals surface area contributed by atoms with Gasteiger partial charge in [0.2, 0.25) is 0 Å². The van der Waals surface area contributed by atoms with Gasteiger partial charge in [-0.05, 0) is 46.5 Å². The van der Waals surface area contributed by atoms with Crippen LogP contribution in [0.15, 0.2) is 22.7 Å². The summed E-state index contributed by atoms with van der Waals surface area (Å²) in [6, 6.07) is 4.94. The third-order valence-electron chi connectivity index (χ3n) is 2.44. The van der Waals surface area contributed by atoms with Crippen molar-refractivity contribution in [2.75, 3.05) is 0 Å². The Morgan fingerprint density at radius 1 is 1.33 bits per heavy atom. The van der Waals surface area contributed by atoms with Crippen LogP contribution in [0, 0.1) is 11.7 Å². The standard InChI is InChI=1S/C12H16BrFO/c1-8(2)9(3)15-7-10-4-5-12(14)11(13)6-10/h4-6,8-9H,7H2,1-3H3. The van der Waals surface area contributed by atoms with Crippen LogP contribution in [0.25, 0.3) is 0 Å². The summed E-state index contributed by atoms with van der Waals surface area (Å²) in [5.41, 5.74) is 0.982. The Balaban J connectivity index is 2.55. The molecule has 1 aromatic carbocycles. The zero-order valence-electron chi connectivity index (χ0n) is 9.26. The SMILES string of the molecule is CC(C)C(C)OCc1ccc(F)c(Br)c1. The summed E-state index contributed by atoms with van der Waals surface area (Å²) >= 11 is 3.15. The Hall–Kier alpha value is -0.410. The molecule has 1 nitrogen and oxygen atoms in total. The summed E-state index contributed by atoms with van der Waals surface area (Å²) in [5.74, 6) is 0.254. The minimum Gasteiger partial charge on any atom is -0.374 e. The van der Waals surface area contributed by atoms with Crippen molar-refractivity contribution in [2.24, 2.45) is 5.92 Å². The minimum atomic E-state index is -0.240. The molecule has 15 heavy (non-hydrogen) atoms. The van der Waals surface area contributed by atoms with E-state index in [1.165, 1.54) is 6.07 Å². The van der Waals surface area contributed by atoms with Crippen molar-refractivity contribution in [3.63, 3.8) is 0 Å². The van der Waals surface area contributed by atoms with Gasteiger partial charge in [-0.3, -0.25) is 0 Å². The Morgan fingerprint density at radius 3 is 2.53 bits per heavy atom. The fraction of sp³-hybridized carbons (Fsp3) is 0.500. The lowest BCUT2D eigenvalue weighted by Crippen LogP contribution is -2.15. The van der Waals surface area contributed by atoms with Crippen LogP contribution in [0.3, 0.4) is 0 Å². The fourth-order valence-electron chi connectivity index (χ4n) is 1.05. The molecule has 0 saturated carbocycles. The highest BCUT2D eigenvalue weighted by Gasteiger charge is 2.07. The molecule has 0 aliphatic rings. The largest absolute Gasteiger partial charge is 0.374 e. The molecule has 0 amide bonds. The molecule has 84 valence electrons. The molecule has 0 fully saturated rings. The molecule has 1 unspecified atom stereocenters. The first-order chi connectivity index (χ1) is 7.00. The van der Waals surface area contributed by atoms with Crippen LogP contribution < -0.4 is 0 Å². The van der Waals surface area contributed by atoms with Gasteiger partial charge in [-0.15, -0.1) is 0 Å². The fourth-order valence-corrected chi connectivity index (χ4v) is 1.48. The molecule has 0 saturated heterocycles. The van der Waals surface area contributed by atoms with Crippen LogP contribution in [0.4, 0.5) is 4.39 Å². The second-order valence-corrected chi connectivity index (χ2v) is 4.86. The van der Waals surface area contributed by atoms with Crippen molar-refractivity contribution in [1.82, 2.24) is 0 Å². The first kappa shape index (κ1) is 12.7. The van der Waals surface area contributed by atoms with Gasteiger partial charge in [0.25, 0.3) is 0 Å². The molecule has 0 aliphatic carbocycles. The van der Waals surface area contributed by atoms with Crippen molar-refractivity contribution in [2.45, 2.75) is 33.5 Å². The molecule has 0 aliphatic heterocycles. The summed E-state index contributed by atoms with van der Waals surface area (Å²) in [6.07, 6.45) is 0.217. The van der Waals surface area contributed by atoms with E-state index < -0.39 is 0 Å². The van der Waals surface area contributed by atoms with Gasteiger partial charge in [-0.1, -0.05) is 19.9 Å². The average Bonchev–Trinajstić information content (AvgIpc) is 2.19. The highest BCUT2D eigenvalue weighted by molar-refractivity contribution is 9.10. The predicted molar refractivity (Wildman–Crippen MR) is 63.2 cm³/mol. The van der Waals surface area contributed by atoms with Gasteiger partial charge in [-0.2, -0.15) is 0 Å². The average molecular weight is 275 g/mol. The maximum Gasteiger partial charge on any atom is 0.137 e. The summed E-state index contributed by atoms with van der Waals surface area (Å²) in [7, 11) is 0. The monoisotopic (exact) mass is 274 g/mol. The molecular formula is C12H16BrFO. The molecule has 1 atom stereocenters. The molecule has 0 heterocycles. The summed E-state index contributed by atoms with van der Waals surface area (Å²) in [6.45, 7) is 6.80. The zero-order chi connectivity index (χ0) is 11.4. The summed E-state index contributed by atoms with van der Waals surface area (Å²) < 4.78 is 19.1. The van der Waals surface area contributed by atoms with Crippen molar-refractivity contribution in [1.29, 1.82) is 0 Å². The van der Waals surface area contributed by atoms with E-state index in [0.717, 1.165) is 5.56 Å². The lowest BCUT2D eigenvalue weighted by atomic mass is 10.1. The van der Waals surface area contributed by atoms with E-state index in [-0.39, 0.29) is 11.9 Å². The minimum absolute atomic E-state index is 0.217. The molecule has 0 N–H and O–H groups in total. The van der Waals surface area contributed by atoms with Gasteiger partial charge in [0.05, 0.1) is 17.2 Å². The van der Waals surface area contributed by atoms with Crippen LogP contribution in [0.2, 0.25) is 0 Å². The van der Waals surface area contributed by atoms with Gasteiger partial charge in [0.15, 0.2) is 0 Å². The van der Waals surface area contributed by atoms with Crippen molar-refractivity contribution in [3.8, 4) is 0 Å². The molecule has 3 heteroatoms. The number of rotatable bonds is 4. The molecule has 1 aromatic rings. The second-order valence-electron chi connectivity index (χ2n) is 4.01. The maximum absolute atomic E-state index is 12.9. The van der Waals surface area contributed by atoms with Crippen molar-refractivity contribution >= 4 is 15.9 Å². The highest BCUT2D eigenvalue weighted by atomic mass is 79.9.